The Bertz CT molecular complexity index is 7810. The number of para-hydroxylation sites is 6. The Kier molecular flexibility index (Phi) is 31.2. The van der Waals surface area contributed by atoms with E-state index in [2.05, 4.69) is 415 Å². The first-order valence-corrected chi connectivity index (χ1v) is 49.2. The summed E-state index contributed by atoms with van der Waals surface area (Å²) in [7, 11) is 0. The van der Waals surface area contributed by atoms with Crippen molar-refractivity contribution in [3.8, 4) is 118 Å². The fourth-order valence-electron chi connectivity index (χ4n) is 17.5. The van der Waals surface area contributed by atoms with E-state index in [0.29, 0.717) is 17.2 Å². The highest BCUT2D eigenvalue weighted by atomic mass is 79.9. The molecular formula is C134H99BrN8O5. The lowest BCUT2D eigenvalue weighted by atomic mass is 10.0. The number of nitriles is 1. The van der Waals surface area contributed by atoms with Gasteiger partial charge in [-0.05, 0) is 356 Å². The lowest BCUT2D eigenvalue weighted by Crippen LogP contribution is -2.10. The molecule has 0 saturated heterocycles. The predicted molar refractivity (Wildman–Crippen MR) is 614 cm³/mol. The van der Waals surface area contributed by atoms with Crippen LogP contribution in [0.25, 0.3) is 89.0 Å². The fourth-order valence-corrected chi connectivity index (χ4v) is 17.8. The molecule has 14 heteroatoms. The summed E-state index contributed by atoms with van der Waals surface area (Å²) < 4.78 is 6.01. The maximum atomic E-state index is 10.6. The Morgan fingerprint density at radius 1 is 0.203 bits per heavy atom. The van der Waals surface area contributed by atoms with Crippen LogP contribution >= 0.6 is 15.9 Å². The molecule has 712 valence electrons. The van der Waals surface area contributed by atoms with E-state index >= 15 is 0 Å². The number of halogens is 1. The van der Waals surface area contributed by atoms with Gasteiger partial charge in [-0.2, -0.15) is 4.99 Å². The first-order valence-electron chi connectivity index (χ1n) is 48.4. The van der Waals surface area contributed by atoms with Crippen molar-refractivity contribution in [1.29, 1.82) is 5.26 Å². The van der Waals surface area contributed by atoms with Crippen molar-refractivity contribution in [1.82, 2.24) is 0 Å². The van der Waals surface area contributed by atoms with Crippen LogP contribution < -0.4 is 35.0 Å². The maximum absolute atomic E-state index is 10.6. The average Bonchev–Trinajstić information content (AvgIpc) is 0.782. The van der Waals surface area contributed by atoms with Crippen LogP contribution in [0.5, 0.6) is 23.0 Å². The van der Waals surface area contributed by atoms with E-state index in [1.54, 1.807) is 60.9 Å². The Morgan fingerprint density at radius 3 is 0.568 bits per heavy atom. The lowest BCUT2D eigenvalue weighted by molar-refractivity contribution is 0.475. The van der Waals surface area contributed by atoms with Crippen molar-refractivity contribution in [2.75, 3.05) is 30.2 Å². The van der Waals surface area contributed by atoms with Gasteiger partial charge in [0.2, 0.25) is 6.08 Å². The number of anilines is 16. The van der Waals surface area contributed by atoms with E-state index in [4.69, 9.17) is 15.1 Å². The second-order valence-corrected chi connectivity index (χ2v) is 35.7. The standard InChI is InChI=1S/C50H34N4O2.C48H36N2O2.C24H20N2.C12H9BrO/c51-35-56-50-33-21-42(22-34-50)41-19-31-49(32-20-41)54(45-9-5-2-6-10-45)48-29-17-40(18-30-48)39-15-27-47(28-16-39)53(44-7-3-1-4-8-44)46-25-13-38(14-26-46)37-11-23-43(24-12-37)52-36-55;51-47-31-19-39(20-32-47)37-15-27-45(28-16-37)49(41-7-3-1-4-8-41)43-23-11-35(12-24-43)36-13-25-44(26-14-36)50(42-9-5-2-6-10-42)46-29-17-38(18-30-46)40-21-33-48(52)34-22-40;1-3-7-21(8-4-1)25-23-15-11-19(12-16-23)20-13-17-24(18-14-20)26-22-9-5-2-6-10-22;13-11-5-1-9(2-6-11)10-3-7-12(14)8-4-10/h1-34H;1-34,51-52H;1-18,25-26H;1-8,14H. The van der Waals surface area contributed by atoms with Crippen LogP contribution in [-0.4, -0.2) is 21.4 Å². The van der Waals surface area contributed by atoms with Gasteiger partial charge < -0.3 is 50.3 Å². The van der Waals surface area contributed by atoms with E-state index in [1.165, 1.54) is 11.1 Å². The summed E-state index contributed by atoms with van der Waals surface area (Å²) in [6, 6.07) is 193. The number of phenols is 3. The topological polar surface area (TPSA) is 160 Å². The number of phenolic OH excluding ortho intramolecular Hbond substituents is 3. The zero-order chi connectivity index (χ0) is 101. The first-order chi connectivity index (χ1) is 72.9. The summed E-state index contributed by atoms with van der Waals surface area (Å²) in [4.78, 5) is 23.4. The second kappa shape index (κ2) is 47.6. The summed E-state index contributed by atoms with van der Waals surface area (Å²) in [6.07, 6.45) is 3.31. The number of aliphatic imine (C=N–C) groups is 1. The van der Waals surface area contributed by atoms with Crippen LogP contribution in [0.4, 0.5) is 96.7 Å². The quantitative estimate of drug-likeness (QED) is 0.0199. The Balaban J connectivity index is 0.000000137. The van der Waals surface area contributed by atoms with E-state index in [9.17, 15) is 15.0 Å². The van der Waals surface area contributed by atoms with E-state index in [-0.39, 0.29) is 11.5 Å². The van der Waals surface area contributed by atoms with Crippen LogP contribution in [0.2, 0.25) is 0 Å². The molecule has 148 heavy (non-hydrogen) atoms. The average molecular weight is 1980 g/mol. The molecule has 0 aliphatic carbocycles. The third-order valence-corrected chi connectivity index (χ3v) is 25.7. The molecule has 0 amide bonds. The maximum Gasteiger partial charge on any atom is 0.292 e. The number of ether oxygens (including phenoxy) is 1. The van der Waals surface area contributed by atoms with Crippen LogP contribution in [0.3, 0.4) is 0 Å². The smallest absolute Gasteiger partial charge is 0.292 e. The van der Waals surface area contributed by atoms with Crippen LogP contribution in [0.1, 0.15) is 0 Å². The van der Waals surface area contributed by atoms with Crippen LogP contribution in [0, 0.1) is 11.5 Å². The summed E-state index contributed by atoms with van der Waals surface area (Å²) in [5.41, 5.74) is 35.3. The Labute approximate surface area is 870 Å². The normalized spacial score (nSPS) is 10.5. The molecule has 0 aliphatic heterocycles. The number of hydrogen-bond acceptors (Lipinski definition) is 13. The molecule has 22 aromatic rings. The number of rotatable bonds is 26. The van der Waals surface area contributed by atoms with Crippen molar-refractivity contribution in [2.24, 2.45) is 4.99 Å². The van der Waals surface area contributed by atoms with Crippen molar-refractivity contribution in [2.45, 2.75) is 0 Å². The van der Waals surface area contributed by atoms with Crippen molar-refractivity contribution in [3.63, 3.8) is 0 Å². The second-order valence-electron chi connectivity index (χ2n) is 34.8. The molecule has 0 bridgehead atoms. The monoisotopic (exact) mass is 1980 g/mol. The van der Waals surface area contributed by atoms with Gasteiger partial charge in [-0.25, -0.2) is 4.79 Å². The zero-order valence-corrected chi connectivity index (χ0v) is 82.1. The third kappa shape index (κ3) is 24.8. The van der Waals surface area contributed by atoms with Gasteiger partial charge in [-0.15, -0.1) is 5.26 Å². The highest BCUT2D eigenvalue weighted by Gasteiger charge is 2.21. The lowest BCUT2D eigenvalue weighted by Gasteiger charge is -2.26. The molecule has 0 unspecified atom stereocenters. The summed E-state index contributed by atoms with van der Waals surface area (Å²) in [5.74, 6) is 1.34. The number of isocyanates is 1. The van der Waals surface area contributed by atoms with Gasteiger partial charge in [-0.3, -0.25) is 0 Å². The summed E-state index contributed by atoms with van der Waals surface area (Å²) >= 11 is 3.39. The number of hydrogen-bond donors (Lipinski definition) is 5. The molecule has 22 rings (SSSR count). The van der Waals surface area contributed by atoms with Gasteiger partial charge in [0.05, 0.1) is 5.69 Å². The van der Waals surface area contributed by atoms with E-state index in [0.717, 1.165) is 173 Å². The number of nitrogens with one attached hydrogen (secondary N) is 2. The van der Waals surface area contributed by atoms with Crippen molar-refractivity contribution in [3.05, 3.63) is 575 Å². The van der Waals surface area contributed by atoms with Gasteiger partial charge in [0.15, 0.2) is 0 Å². The Morgan fingerprint density at radius 2 is 0.365 bits per heavy atom. The SMILES string of the molecule is N#COc1ccc(-c2ccc(N(c3ccccc3)c3ccc(-c4ccc(N(c5ccccc5)c5ccc(-c6ccc(N=C=O)cc6)cc5)cc4)cc3)cc2)cc1.Oc1ccc(-c2ccc(Br)cc2)cc1.Oc1ccc(-c2ccc(N(c3ccccc3)c3ccc(-c4ccc(N(c5ccccc5)c5ccc(-c6ccc(O)cc6)cc5)cc4)cc3)cc2)cc1.c1ccc(Nc2ccc(-c3ccc(Nc4ccccc4)cc3)cc2)cc1. The molecule has 0 fully saturated rings. The zero-order valence-electron chi connectivity index (χ0n) is 80.5. The fraction of sp³-hybridized carbons (Fsp3) is 0. The minimum atomic E-state index is 0.262. The third-order valence-electron chi connectivity index (χ3n) is 25.1. The minimum Gasteiger partial charge on any atom is -0.508 e. The van der Waals surface area contributed by atoms with Crippen molar-refractivity contribution >= 4 is 119 Å². The number of benzene rings is 22. The molecule has 0 heterocycles. The van der Waals surface area contributed by atoms with Gasteiger partial charge in [0.1, 0.15) is 23.0 Å². The molecule has 0 saturated carbocycles. The summed E-state index contributed by atoms with van der Waals surface area (Å²) in [6.45, 7) is 0. The molecule has 13 nitrogen and oxygen atoms in total. The summed E-state index contributed by atoms with van der Waals surface area (Å²) in [5, 5.41) is 44.2. The van der Waals surface area contributed by atoms with Gasteiger partial charge >= 0.3 is 0 Å². The van der Waals surface area contributed by atoms with E-state index in [1.807, 2.05) is 158 Å². The highest BCUT2D eigenvalue weighted by Crippen LogP contribution is 2.45. The van der Waals surface area contributed by atoms with Gasteiger partial charge in [0, 0.05) is 95.5 Å². The molecule has 5 N–H and O–H groups in total. The minimum absolute atomic E-state index is 0.262. The molecule has 0 aliphatic rings. The largest absolute Gasteiger partial charge is 0.508 e. The molecule has 22 aromatic carbocycles. The molecule has 0 aromatic heterocycles. The molecular weight excluding hydrogens is 1880 g/mol. The van der Waals surface area contributed by atoms with Crippen LogP contribution in [0.15, 0.2) is 580 Å². The van der Waals surface area contributed by atoms with Gasteiger partial charge in [-0.1, -0.05) is 319 Å². The number of carbonyl (C=O) groups excluding carboxylic acids is 1. The van der Waals surface area contributed by atoms with Crippen LogP contribution in [-0.2, 0) is 4.79 Å². The van der Waals surface area contributed by atoms with Crippen molar-refractivity contribution < 1.29 is 24.9 Å². The number of nitrogens with zero attached hydrogens (tertiary/aromatic N) is 6. The van der Waals surface area contributed by atoms with E-state index < -0.39 is 0 Å². The molecule has 0 atom stereocenters. The first kappa shape index (κ1) is 97.0. The van der Waals surface area contributed by atoms with Gasteiger partial charge in [0.25, 0.3) is 6.26 Å². The number of aromatic hydroxyl groups is 3. The molecule has 0 spiro atoms. The molecule has 0 radical (unpaired) electrons. The highest BCUT2D eigenvalue weighted by molar-refractivity contribution is 9.10. The Hall–Kier alpha value is -19.8. The predicted octanol–water partition coefficient (Wildman–Crippen LogP) is 37.2.